The Morgan fingerprint density at radius 1 is 1.03 bits per heavy atom. The second-order valence-electron chi connectivity index (χ2n) is 6.82. The first-order chi connectivity index (χ1) is 16.0. The third kappa shape index (κ3) is 6.31. The topological polar surface area (TPSA) is 68.5 Å². The average molecular weight is 443 g/mol. The average Bonchev–Trinajstić information content (AvgIpc) is 2.83. The number of hydrogen-bond acceptors (Lipinski definition) is 5. The summed E-state index contributed by atoms with van der Waals surface area (Å²) in [5.41, 5.74) is 1.71. The van der Waals surface area contributed by atoms with Crippen LogP contribution >= 0.6 is 0 Å². The molecule has 0 aliphatic heterocycles. The van der Waals surface area contributed by atoms with Crippen molar-refractivity contribution in [2.24, 2.45) is 0 Å². The van der Waals surface area contributed by atoms with Crippen LogP contribution in [-0.4, -0.2) is 19.7 Å². The molecule has 5 nitrogen and oxygen atoms in total. The number of rotatable bonds is 8. The maximum Gasteiger partial charge on any atom is 0.336 e. The van der Waals surface area contributed by atoms with Gasteiger partial charge in [0.1, 0.15) is 11.6 Å². The summed E-state index contributed by atoms with van der Waals surface area (Å²) >= 11 is 0. The molecule has 3 aromatic carbocycles. The molecule has 0 spiro atoms. The summed E-state index contributed by atoms with van der Waals surface area (Å²) in [6.45, 7) is 2.40. The smallest absolute Gasteiger partial charge is 0.336 e. The predicted molar refractivity (Wildman–Crippen MR) is 125 cm³/mol. The van der Waals surface area contributed by atoms with Crippen molar-refractivity contribution in [3.05, 3.63) is 95.3 Å². The van der Waals surface area contributed by atoms with Gasteiger partial charge in [-0.2, -0.15) is 5.26 Å². The van der Waals surface area contributed by atoms with Gasteiger partial charge in [-0.1, -0.05) is 36.4 Å². The monoisotopic (exact) mass is 443 g/mol. The summed E-state index contributed by atoms with van der Waals surface area (Å²) in [4.78, 5) is 12.3. The molecular formula is C27H22FNO4. The molecule has 0 N–H and O–H groups in total. The van der Waals surface area contributed by atoms with Crippen molar-refractivity contribution < 1.29 is 23.4 Å². The van der Waals surface area contributed by atoms with Gasteiger partial charge in [-0.25, -0.2) is 9.18 Å². The quantitative estimate of drug-likeness (QED) is 0.142. The fourth-order valence-electron chi connectivity index (χ4n) is 3.06. The van der Waals surface area contributed by atoms with Crippen molar-refractivity contribution in [1.82, 2.24) is 0 Å². The second-order valence-corrected chi connectivity index (χ2v) is 6.82. The summed E-state index contributed by atoms with van der Waals surface area (Å²) < 4.78 is 30.2. The highest BCUT2D eigenvalue weighted by molar-refractivity contribution is 5.91. The summed E-state index contributed by atoms with van der Waals surface area (Å²) in [6, 6.07) is 20.0. The van der Waals surface area contributed by atoms with Gasteiger partial charge in [-0.15, -0.1) is 0 Å². The molecule has 33 heavy (non-hydrogen) atoms. The molecule has 0 bridgehead atoms. The number of halogens is 1. The number of esters is 1. The molecule has 0 aromatic heterocycles. The van der Waals surface area contributed by atoms with Crippen molar-refractivity contribution in [3.63, 3.8) is 0 Å². The third-order valence-electron chi connectivity index (χ3n) is 4.57. The van der Waals surface area contributed by atoms with Crippen LogP contribution in [0.4, 0.5) is 4.39 Å². The van der Waals surface area contributed by atoms with E-state index in [0.29, 0.717) is 29.4 Å². The summed E-state index contributed by atoms with van der Waals surface area (Å²) in [6.07, 6.45) is 4.45. The number of allylic oxidation sites excluding steroid dienone is 1. The van der Waals surface area contributed by atoms with E-state index in [0.717, 1.165) is 5.56 Å². The van der Waals surface area contributed by atoms with Gasteiger partial charge in [0, 0.05) is 11.6 Å². The second kappa shape index (κ2) is 11.3. The minimum Gasteiger partial charge on any atom is -0.493 e. The normalized spacial score (nSPS) is 11.2. The van der Waals surface area contributed by atoms with Gasteiger partial charge in [0.15, 0.2) is 11.5 Å². The summed E-state index contributed by atoms with van der Waals surface area (Å²) in [5, 5.41) is 9.45. The first-order valence-electron chi connectivity index (χ1n) is 10.2. The Hall–Kier alpha value is -4.37. The zero-order valence-electron chi connectivity index (χ0n) is 18.2. The maximum absolute atomic E-state index is 14.0. The van der Waals surface area contributed by atoms with Crippen LogP contribution in [-0.2, 0) is 4.79 Å². The van der Waals surface area contributed by atoms with Crippen molar-refractivity contribution in [2.45, 2.75) is 6.92 Å². The molecular weight excluding hydrogens is 421 g/mol. The molecule has 0 amide bonds. The van der Waals surface area contributed by atoms with Gasteiger partial charge in [-0.05, 0) is 60.5 Å². The van der Waals surface area contributed by atoms with Gasteiger partial charge >= 0.3 is 5.97 Å². The molecule has 0 saturated carbocycles. The highest BCUT2D eigenvalue weighted by Crippen LogP contribution is 2.28. The predicted octanol–water partition coefficient (Wildman–Crippen LogP) is 5.92. The first kappa shape index (κ1) is 23.3. The number of hydrogen-bond donors (Lipinski definition) is 0. The van der Waals surface area contributed by atoms with E-state index in [1.54, 1.807) is 67.8 Å². The van der Waals surface area contributed by atoms with Crippen LogP contribution in [0, 0.1) is 17.1 Å². The SMILES string of the molecule is CCOc1ccc(/C=C/C(=O)Oc2cccc(/C=C(/C#N)c3ccccc3F)c2)cc1OC. The molecule has 3 aromatic rings. The van der Waals surface area contributed by atoms with Gasteiger partial charge in [-0.3, -0.25) is 0 Å². The molecule has 0 aliphatic carbocycles. The lowest BCUT2D eigenvalue weighted by molar-refractivity contribution is -0.128. The van der Waals surface area contributed by atoms with Crippen LogP contribution < -0.4 is 14.2 Å². The van der Waals surface area contributed by atoms with E-state index in [1.165, 1.54) is 24.3 Å². The van der Waals surface area contributed by atoms with E-state index in [2.05, 4.69) is 0 Å². The highest BCUT2D eigenvalue weighted by Gasteiger charge is 2.08. The molecule has 0 saturated heterocycles. The molecule has 166 valence electrons. The van der Waals surface area contributed by atoms with E-state index in [9.17, 15) is 14.4 Å². The van der Waals surface area contributed by atoms with Gasteiger partial charge in [0.2, 0.25) is 0 Å². The van der Waals surface area contributed by atoms with Crippen molar-refractivity contribution in [2.75, 3.05) is 13.7 Å². The number of carbonyl (C=O) groups excluding carboxylic acids is 1. The Morgan fingerprint density at radius 2 is 1.85 bits per heavy atom. The maximum atomic E-state index is 14.0. The van der Waals surface area contributed by atoms with Gasteiger partial charge in [0.25, 0.3) is 0 Å². The van der Waals surface area contributed by atoms with Gasteiger partial charge < -0.3 is 14.2 Å². The van der Waals surface area contributed by atoms with Crippen LogP contribution in [0.2, 0.25) is 0 Å². The summed E-state index contributed by atoms with van der Waals surface area (Å²) in [7, 11) is 1.55. The Morgan fingerprint density at radius 3 is 2.58 bits per heavy atom. The van der Waals surface area contributed by atoms with Gasteiger partial charge in [0.05, 0.1) is 25.4 Å². The summed E-state index contributed by atoms with van der Waals surface area (Å²) in [5.74, 6) is 0.433. The zero-order valence-corrected chi connectivity index (χ0v) is 18.2. The van der Waals surface area contributed by atoms with Crippen molar-refractivity contribution in [1.29, 1.82) is 5.26 Å². The molecule has 0 aliphatic rings. The molecule has 3 rings (SSSR count). The van der Waals surface area contributed by atoms with E-state index in [4.69, 9.17) is 14.2 Å². The van der Waals surface area contributed by atoms with Crippen LogP contribution in [0.25, 0.3) is 17.7 Å². The molecule has 0 unspecified atom stereocenters. The lowest BCUT2D eigenvalue weighted by Crippen LogP contribution is -2.03. The lowest BCUT2D eigenvalue weighted by atomic mass is 10.0. The number of benzene rings is 3. The van der Waals surface area contributed by atoms with E-state index < -0.39 is 11.8 Å². The zero-order chi connectivity index (χ0) is 23.6. The molecule has 0 heterocycles. The molecule has 0 radical (unpaired) electrons. The highest BCUT2D eigenvalue weighted by atomic mass is 19.1. The fourth-order valence-corrected chi connectivity index (χ4v) is 3.06. The third-order valence-corrected chi connectivity index (χ3v) is 4.57. The van der Waals surface area contributed by atoms with Crippen LogP contribution in [0.1, 0.15) is 23.6 Å². The first-order valence-corrected chi connectivity index (χ1v) is 10.2. The largest absolute Gasteiger partial charge is 0.493 e. The van der Waals surface area contributed by atoms with E-state index >= 15 is 0 Å². The van der Waals surface area contributed by atoms with Crippen molar-refractivity contribution in [3.8, 4) is 23.3 Å². The fraction of sp³-hybridized carbons (Fsp3) is 0.111. The van der Waals surface area contributed by atoms with Crippen molar-refractivity contribution >= 4 is 23.7 Å². The van der Waals surface area contributed by atoms with Crippen LogP contribution in [0.5, 0.6) is 17.2 Å². The number of ether oxygens (including phenoxy) is 3. The Balaban J connectivity index is 1.73. The Kier molecular flexibility index (Phi) is 7.98. The molecule has 0 atom stereocenters. The molecule has 0 fully saturated rings. The lowest BCUT2D eigenvalue weighted by Gasteiger charge is -2.09. The minimum absolute atomic E-state index is 0.168. The van der Waals surface area contributed by atoms with E-state index in [-0.39, 0.29) is 11.1 Å². The standard InChI is InChI=1S/C27H22FNO4/c1-3-32-25-13-11-19(17-26(25)31-2)12-14-27(30)33-22-8-6-7-20(16-22)15-21(18-29)23-9-4-5-10-24(23)28/h4-17H,3H2,1-2H3/b14-12+,21-15-. The number of nitrogens with zero attached hydrogens (tertiary/aromatic N) is 1. The Labute approximate surface area is 192 Å². The number of methoxy groups -OCH3 is 1. The van der Waals surface area contributed by atoms with Crippen LogP contribution in [0.3, 0.4) is 0 Å². The van der Waals surface area contributed by atoms with E-state index in [1.807, 2.05) is 13.0 Å². The van der Waals surface area contributed by atoms with Crippen LogP contribution in [0.15, 0.2) is 72.8 Å². The Bertz CT molecular complexity index is 1240. The minimum atomic E-state index is -0.571. The molecule has 6 heteroatoms. The number of nitriles is 1. The number of carbonyl (C=O) groups is 1.